The lowest BCUT2D eigenvalue weighted by molar-refractivity contribution is -0.255. The van der Waals surface area contributed by atoms with Crippen LogP contribution in [0, 0.1) is 5.92 Å². The minimum Gasteiger partial charge on any atom is -0.457 e. The topological polar surface area (TPSA) is 170 Å². The Morgan fingerprint density at radius 2 is 0.945 bits per heavy atom. The number of nitrogens with one attached hydrogen (secondary N) is 1. The molecule has 2 aromatic rings. The zero-order chi connectivity index (χ0) is 52.6. The Labute approximate surface area is 442 Å². The van der Waals surface area contributed by atoms with Crippen LogP contribution in [0.25, 0.3) is 0 Å². The van der Waals surface area contributed by atoms with Crippen molar-refractivity contribution in [1.29, 1.82) is 0 Å². The fourth-order valence-electron chi connectivity index (χ4n) is 9.97. The first-order valence-corrected chi connectivity index (χ1v) is 31.0. The maximum absolute atomic E-state index is 14.9. The molecule has 2 unspecified atom stereocenters. The number of aliphatic hydroxyl groups is 3. The van der Waals surface area contributed by atoms with E-state index in [4.69, 9.17) is 23.0 Å². The van der Waals surface area contributed by atoms with Crippen LogP contribution in [0.5, 0.6) is 11.5 Å². The number of aliphatic hydroxyl groups excluding tert-OH is 3. The predicted octanol–water partition coefficient (Wildman–Crippen LogP) is 15.4. The van der Waals surface area contributed by atoms with Crippen molar-refractivity contribution in [3.8, 4) is 11.5 Å². The molecule has 0 aromatic heterocycles. The highest BCUT2D eigenvalue weighted by Crippen LogP contribution is 2.52. The van der Waals surface area contributed by atoms with E-state index < -0.39 is 63.1 Å². The fourth-order valence-corrected chi connectivity index (χ4v) is 11.4. The summed E-state index contributed by atoms with van der Waals surface area (Å²) >= 11 is 0. The predicted molar refractivity (Wildman–Crippen MR) is 295 cm³/mol. The van der Waals surface area contributed by atoms with Crippen molar-refractivity contribution in [2.45, 2.75) is 282 Å². The van der Waals surface area contributed by atoms with Crippen LogP contribution in [0.2, 0.25) is 0 Å². The summed E-state index contributed by atoms with van der Waals surface area (Å²) in [5, 5.41) is 36.0. The highest BCUT2D eigenvalue weighted by molar-refractivity contribution is 7.49. The molecule has 1 heterocycles. The molecule has 1 saturated heterocycles. The van der Waals surface area contributed by atoms with Crippen molar-refractivity contribution in [2.75, 3.05) is 6.61 Å². The normalized spacial score (nSPS) is 18.8. The Bertz CT molecular complexity index is 1640. The monoisotopic (exact) mass is 1040 g/mol. The van der Waals surface area contributed by atoms with E-state index in [9.17, 15) is 29.5 Å². The van der Waals surface area contributed by atoms with E-state index in [1.165, 1.54) is 128 Å². The molecule has 13 heteroatoms. The van der Waals surface area contributed by atoms with Crippen LogP contribution >= 0.6 is 7.82 Å². The third-order valence-corrected chi connectivity index (χ3v) is 15.7. The van der Waals surface area contributed by atoms with Gasteiger partial charge in [-0.25, -0.2) is 4.57 Å². The molecule has 418 valence electrons. The quantitative estimate of drug-likeness (QED) is 0.0283. The highest BCUT2D eigenvalue weighted by Gasteiger charge is 2.53. The number of carbonyl (C=O) groups excluding carboxylic acids is 2. The lowest BCUT2D eigenvalue weighted by atomic mass is 9.91. The summed E-state index contributed by atoms with van der Waals surface area (Å²) in [6.07, 6.45) is 30.7. The van der Waals surface area contributed by atoms with Gasteiger partial charge < -0.3 is 39.2 Å². The number of unbranched alkanes of at least 4 members (excludes halogenated alkanes) is 27. The molecule has 1 fully saturated rings. The number of hydrogen-bond donors (Lipinski definition) is 4. The lowest BCUT2D eigenvalue weighted by Gasteiger charge is -2.44. The summed E-state index contributed by atoms with van der Waals surface area (Å²) in [6, 6.07) is 15.2. The van der Waals surface area contributed by atoms with E-state index >= 15 is 0 Å². The molecule has 0 radical (unpaired) electrons. The van der Waals surface area contributed by atoms with E-state index in [1.807, 2.05) is 0 Å². The van der Waals surface area contributed by atoms with Gasteiger partial charge in [0.25, 0.3) is 0 Å². The van der Waals surface area contributed by atoms with E-state index in [2.05, 4.69) is 26.1 Å². The van der Waals surface area contributed by atoms with E-state index in [-0.39, 0.29) is 30.3 Å². The first-order chi connectivity index (χ1) is 35.6. The Morgan fingerprint density at radius 3 is 1.34 bits per heavy atom. The molecule has 1 aliphatic heterocycles. The third-order valence-electron chi connectivity index (χ3n) is 14.3. The number of carbonyl (C=O) groups is 2. The van der Waals surface area contributed by atoms with Crippen molar-refractivity contribution >= 4 is 19.7 Å². The van der Waals surface area contributed by atoms with Gasteiger partial charge in [-0.1, -0.05) is 250 Å². The van der Waals surface area contributed by atoms with Gasteiger partial charge in [0.1, 0.15) is 29.7 Å². The molecule has 0 spiro atoms. The summed E-state index contributed by atoms with van der Waals surface area (Å²) in [6.45, 7) is 5.97. The molecule has 4 N–H and O–H groups in total. The molecule has 2 aromatic carbocycles. The number of benzene rings is 2. The molecule has 0 aliphatic carbocycles. The van der Waals surface area contributed by atoms with Gasteiger partial charge in [0.15, 0.2) is 12.4 Å². The second-order valence-corrected chi connectivity index (χ2v) is 22.4. The number of esters is 1. The van der Waals surface area contributed by atoms with Crippen LogP contribution in [0.15, 0.2) is 60.7 Å². The van der Waals surface area contributed by atoms with Crippen LogP contribution in [0.3, 0.4) is 0 Å². The van der Waals surface area contributed by atoms with Gasteiger partial charge in [-0.15, -0.1) is 0 Å². The maximum Gasteiger partial charge on any atom is 0.588 e. The lowest BCUT2D eigenvalue weighted by Crippen LogP contribution is -2.66. The zero-order valence-electron chi connectivity index (χ0n) is 45.8. The van der Waals surface area contributed by atoms with Crippen LogP contribution in [0.1, 0.15) is 245 Å². The summed E-state index contributed by atoms with van der Waals surface area (Å²) in [5.74, 6) is -0.809. The average Bonchev–Trinajstić information content (AvgIpc) is 3.37. The molecular weight excluding hydrogens is 942 g/mol. The van der Waals surface area contributed by atoms with E-state index in [0.717, 1.165) is 77.0 Å². The number of ether oxygens (including phenoxy) is 2. The number of rotatable bonds is 46. The minimum atomic E-state index is -4.71. The second kappa shape index (κ2) is 41.2. The fraction of sp³-hybridized carbons (Fsp3) is 0.767. The number of phosphoric acid groups is 1. The molecule has 0 bridgehead atoms. The van der Waals surface area contributed by atoms with Gasteiger partial charge in [-0.3, -0.25) is 14.1 Å². The van der Waals surface area contributed by atoms with Gasteiger partial charge in [0.2, 0.25) is 5.91 Å². The average molecular weight is 1040 g/mol. The van der Waals surface area contributed by atoms with Gasteiger partial charge in [-0.2, -0.15) is 0 Å². The van der Waals surface area contributed by atoms with Gasteiger partial charge in [0, 0.05) is 6.42 Å². The van der Waals surface area contributed by atoms with Gasteiger partial charge in [-0.05, 0) is 49.4 Å². The number of para-hydroxylation sites is 2. The van der Waals surface area contributed by atoms with Crippen LogP contribution in [0.4, 0.5) is 0 Å². The summed E-state index contributed by atoms with van der Waals surface area (Å²) < 4.78 is 45.3. The van der Waals surface area contributed by atoms with Crippen LogP contribution in [-0.4, -0.2) is 70.6 Å². The molecule has 7 atom stereocenters. The summed E-state index contributed by atoms with van der Waals surface area (Å²) in [4.78, 5) is 28.2. The maximum atomic E-state index is 14.9. The molecule has 0 saturated carbocycles. The number of phosphoric ester groups is 1. The minimum absolute atomic E-state index is 0.0381. The number of hydrogen-bond acceptors (Lipinski definition) is 11. The summed E-state index contributed by atoms with van der Waals surface area (Å²) in [7, 11) is -4.71. The van der Waals surface area contributed by atoms with Crippen molar-refractivity contribution in [1.82, 2.24) is 5.32 Å². The first kappa shape index (κ1) is 64.3. The van der Waals surface area contributed by atoms with Crippen molar-refractivity contribution in [3.63, 3.8) is 0 Å². The largest absolute Gasteiger partial charge is 0.588 e. The number of amides is 1. The van der Waals surface area contributed by atoms with Crippen molar-refractivity contribution < 1.29 is 52.5 Å². The van der Waals surface area contributed by atoms with Crippen LogP contribution < -0.4 is 14.4 Å². The SMILES string of the molecule is CCCCCCCCCCCCCCC(CCCCCCCCCCC)CC(=O)O[C@H]1[C@H](OP(=O)(Oc2ccccc2)Oc2ccccc2)[C@@H](CO)OC(O)[C@@H]1NC(=O)C[C@H](O)CCCCCCCCCCC. The Hall–Kier alpha value is -2.99. The van der Waals surface area contributed by atoms with Crippen molar-refractivity contribution in [3.05, 3.63) is 60.7 Å². The first-order valence-electron chi connectivity index (χ1n) is 29.5. The van der Waals surface area contributed by atoms with Crippen LogP contribution in [-0.2, 0) is 28.2 Å². The molecule has 12 nitrogen and oxygen atoms in total. The molecular formula is C60H102NO11P. The highest BCUT2D eigenvalue weighted by atomic mass is 31.2. The second-order valence-electron chi connectivity index (χ2n) is 21.0. The molecule has 1 amide bonds. The zero-order valence-corrected chi connectivity index (χ0v) is 46.7. The Balaban J connectivity index is 1.80. The molecule has 1 aliphatic rings. The van der Waals surface area contributed by atoms with Gasteiger partial charge >= 0.3 is 13.8 Å². The standard InChI is InChI=1S/C60H102NO11P/c1-4-7-10-13-16-19-20-21-24-26-29-34-41-50(40-33-28-25-22-17-14-11-8-5-2)47-56(65)69-59-57(61-55(64)48-51(63)42-35-30-27-23-18-15-12-9-6-3)60(66)68-54(49-62)58(59)72-73(67,70-52-43-36-31-37-44-52)71-53-45-38-32-39-46-53/h31-32,36-39,43-46,50-51,54,57-60,62-63,66H,4-30,33-35,40-42,47-49H2,1-3H3,(H,61,64)/t50?,51-,54-,57-,58-,59-,60?/m1/s1. The van der Waals surface area contributed by atoms with E-state index in [1.54, 1.807) is 60.7 Å². The Kier molecular flexibility index (Phi) is 36.3. The van der Waals surface area contributed by atoms with Crippen molar-refractivity contribution in [2.24, 2.45) is 5.92 Å². The molecule has 73 heavy (non-hydrogen) atoms. The third kappa shape index (κ3) is 29.8. The van der Waals surface area contributed by atoms with E-state index in [0.29, 0.717) is 6.42 Å². The summed E-state index contributed by atoms with van der Waals surface area (Å²) in [5.41, 5.74) is 0. The smallest absolute Gasteiger partial charge is 0.457 e. The van der Waals surface area contributed by atoms with Gasteiger partial charge in [0.05, 0.1) is 19.1 Å². The Morgan fingerprint density at radius 1 is 0.562 bits per heavy atom. The molecule has 3 rings (SSSR count).